The van der Waals surface area contributed by atoms with E-state index in [4.69, 9.17) is 22.3 Å². The van der Waals surface area contributed by atoms with Gasteiger partial charge in [0.25, 0.3) is 0 Å². The van der Waals surface area contributed by atoms with Gasteiger partial charge >= 0.3 is 0 Å². The van der Waals surface area contributed by atoms with Crippen molar-refractivity contribution in [3.63, 3.8) is 0 Å². The molecule has 0 radical (unpaired) electrons. The number of anilines is 3. The zero-order chi connectivity index (χ0) is 23.8. The number of aliphatic hydroxyl groups is 1. The number of nitrogens with zero attached hydrogens (tertiary/aromatic N) is 6. The van der Waals surface area contributed by atoms with Crippen LogP contribution in [0.1, 0.15) is 18.5 Å². The summed E-state index contributed by atoms with van der Waals surface area (Å²) in [6.07, 6.45) is 1.55. The molecule has 34 heavy (non-hydrogen) atoms. The molecule has 12 heteroatoms. The maximum atomic E-state index is 11.9. The maximum Gasteiger partial charge on any atom is 0.248 e. The molecule has 1 amide bonds. The van der Waals surface area contributed by atoms with Gasteiger partial charge in [0, 0.05) is 37.1 Å². The first-order valence-corrected chi connectivity index (χ1v) is 11.3. The number of para-hydroxylation sites is 1. The van der Waals surface area contributed by atoms with Crippen molar-refractivity contribution >= 4 is 57.2 Å². The van der Waals surface area contributed by atoms with Crippen molar-refractivity contribution < 1.29 is 9.90 Å². The summed E-state index contributed by atoms with van der Waals surface area (Å²) in [6, 6.07) is 7.55. The first-order chi connectivity index (χ1) is 16.4. The Balaban J connectivity index is 1.53. The van der Waals surface area contributed by atoms with Crippen molar-refractivity contribution in [2.24, 2.45) is 0 Å². The van der Waals surface area contributed by atoms with Gasteiger partial charge in [-0.2, -0.15) is 9.97 Å². The molecular formula is C22H24ClN9O2. The van der Waals surface area contributed by atoms with Gasteiger partial charge < -0.3 is 30.9 Å². The Morgan fingerprint density at radius 1 is 1.26 bits per heavy atom. The molecule has 1 saturated heterocycles. The predicted molar refractivity (Wildman–Crippen MR) is 131 cm³/mol. The van der Waals surface area contributed by atoms with Crippen molar-refractivity contribution in [2.75, 3.05) is 48.7 Å². The van der Waals surface area contributed by atoms with E-state index >= 15 is 0 Å². The van der Waals surface area contributed by atoms with Gasteiger partial charge in [-0.25, -0.2) is 9.97 Å². The van der Waals surface area contributed by atoms with E-state index in [-0.39, 0.29) is 17.9 Å². The van der Waals surface area contributed by atoms with Crippen LogP contribution in [0.25, 0.3) is 22.1 Å². The highest BCUT2D eigenvalue weighted by Gasteiger charge is 2.26. The van der Waals surface area contributed by atoms with E-state index in [0.29, 0.717) is 53.7 Å². The third-order valence-electron chi connectivity index (χ3n) is 5.99. The lowest BCUT2D eigenvalue weighted by Gasteiger charge is -2.36. The first kappa shape index (κ1) is 22.1. The van der Waals surface area contributed by atoms with Gasteiger partial charge in [-0.3, -0.25) is 4.79 Å². The van der Waals surface area contributed by atoms with Gasteiger partial charge in [0.2, 0.25) is 11.9 Å². The Morgan fingerprint density at radius 2 is 2.06 bits per heavy atom. The van der Waals surface area contributed by atoms with E-state index in [9.17, 15) is 9.90 Å². The van der Waals surface area contributed by atoms with Crippen LogP contribution < -0.4 is 16.0 Å². The molecule has 0 saturated carbocycles. The molecule has 0 aliphatic carbocycles. The maximum absolute atomic E-state index is 11.9. The van der Waals surface area contributed by atoms with Crippen LogP contribution in [0.3, 0.4) is 0 Å². The molecular weight excluding hydrogens is 458 g/mol. The zero-order valence-electron chi connectivity index (χ0n) is 18.5. The Kier molecular flexibility index (Phi) is 5.80. The number of hydrogen-bond donors (Lipinski definition) is 4. The second-order valence-corrected chi connectivity index (χ2v) is 8.54. The van der Waals surface area contributed by atoms with Gasteiger partial charge in [0.1, 0.15) is 17.9 Å². The fourth-order valence-electron chi connectivity index (χ4n) is 4.25. The molecule has 1 aliphatic rings. The summed E-state index contributed by atoms with van der Waals surface area (Å²) in [7, 11) is 0. The van der Waals surface area contributed by atoms with Gasteiger partial charge in [-0.15, -0.1) is 0 Å². The average molecular weight is 482 g/mol. The fraction of sp³-hybridized carbons (Fsp3) is 0.318. The number of aliphatic hydroxyl groups excluding tert-OH is 1. The number of carbonyl (C=O) groups excluding carboxylic acids is 1. The number of H-pyrrole nitrogens is 1. The third kappa shape index (κ3) is 4.03. The Labute approximate surface area is 200 Å². The fourth-order valence-corrected chi connectivity index (χ4v) is 4.47. The van der Waals surface area contributed by atoms with Gasteiger partial charge in [0.15, 0.2) is 11.5 Å². The number of benzene rings is 1. The molecule has 11 nitrogen and oxygen atoms in total. The second kappa shape index (κ2) is 8.92. The molecule has 4 aromatic rings. The van der Waals surface area contributed by atoms with Gasteiger partial charge in [0.05, 0.1) is 22.9 Å². The summed E-state index contributed by atoms with van der Waals surface area (Å²) < 4.78 is 0. The van der Waals surface area contributed by atoms with E-state index < -0.39 is 6.61 Å². The largest absolute Gasteiger partial charge is 0.387 e. The number of piperazine rings is 1. The molecule has 1 atom stereocenters. The van der Waals surface area contributed by atoms with Gasteiger partial charge in [-0.05, 0) is 19.1 Å². The van der Waals surface area contributed by atoms with E-state index in [0.717, 1.165) is 16.8 Å². The summed E-state index contributed by atoms with van der Waals surface area (Å²) in [5.74, 6) is 1.18. The number of halogens is 1. The smallest absolute Gasteiger partial charge is 0.248 e. The number of nitrogen functional groups attached to an aromatic ring is 1. The standard InChI is InChI=1S/C22H24ClN9O2/c1-12(27-20-18-19(26-11-25-18)29-22(24)30-20)14-9-13-3-2-4-15(23)17(13)28-21(14)32-7-5-31(6-8-32)16(34)10-33/h2-4,9,11-12,33H,5-8,10H2,1H3,(H4,24,25,26,27,29,30)/t12-/m0/s1. The lowest BCUT2D eigenvalue weighted by atomic mass is 10.0. The van der Waals surface area contributed by atoms with Crippen LogP contribution >= 0.6 is 11.6 Å². The number of hydrogen-bond acceptors (Lipinski definition) is 9. The molecule has 1 aromatic carbocycles. The molecule has 1 fully saturated rings. The quantitative estimate of drug-likeness (QED) is 0.335. The summed E-state index contributed by atoms with van der Waals surface area (Å²) in [6.45, 7) is 3.70. The van der Waals surface area contributed by atoms with Crippen molar-refractivity contribution in [1.82, 2.24) is 29.8 Å². The average Bonchev–Trinajstić information content (AvgIpc) is 3.32. The SMILES string of the molecule is C[C@H](Nc1nc(N)nc2nc[nH]c12)c1cc2cccc(Cl)c2nc1N1CCN(C(=O)CO)CC1. The summed E-state index contributed by atoms with van der Waals surface area (Å²) in [4.78, 5) is 36.4. The number of imidazole rings is 1. The highest BCUT2D eigenvalue weighted by atomic mass is 35.5. The Hall–Kier alpha value is -3.70. The van der Waals surface area contributed by atoms with Crippen molar-refractivity contribution in [3.8, 4) is 0 Å². The number of rotatable bonds is 5. The van der Waals surface area contributed by atoms with Crippen LogP contribution in [0.4, 0.5) is 17.6 Å². The van der Waals surface area contributed by atoms with Crippen LogP contribution in [0.15, 0.2) is 30.6 Å². The molecule has 0 spiro atoms. The van der Waals surface area contributed by atoms with E-state index in [1.165, 1.54) is 0 Å². The summed E-state index contributed by atoms with van der Waals surface area (Å²) in [5.41, 5.74) is 8.69. The van der Waals surface area contributed by atoms with E-state index in [1.807, 2.05) is 25.1 Å². The van der Waals surface area contributed by atoms with E-state index in [2.05, 4.69) is 36.2 Å². The lowest BCUT2D eigenvalue weighted by Crippen LogP contribution is -2.50. The summed E-state index contributed by atoms with van der Waals surface area (Å²) in [5, 5.41) is 14.1. The predicted octanol–water partition coefficient (Wildman–Crippen LogP) is 1.95. The molecule has 176 valence electrons. The number of carbonyl (C=O) groups is 1. The number of aromatic nitrogens is 5. The highest BCUT2D eigenvalue weighted by molar-refractivity contribution is 6.35. The number of fused-ring (bicyclic) bond motifs is 2. The van der Waals surface area contributed by atoms with Crippen molar-refractivity contribution in [1.29, 1.82) is 0 Å². The molecule has 5 N–H and O–H groups in total. The number of nitrogens with two attached hydrogens (primary N) is 1. The topological polar surface area (TPSA) is 149 Å². The number of nitrogens with one attached hydrogen (secondary N) is 2. The molecule has 1 aliphatic heterocycles. The molecule has 0 bridgehead atoms. The highest BCUT2D eigenvalue weighted by Crippen LogP contribution is 2.34. The number of amides is 1. The molecule has 4 heterocycles. The minimum absolute atomic E-state index is 0.127. The van der Waals surface area contributed by atoms with Crippen molar-refractivity contribution in [3.05, 3.63) is 41.2 Å². The molecule has 5 rings (SSSR count). The zero-order valence-corrected chi connectivity index (χ0v) is 19.2. The summed E-state index contributed by atoms with van der Waals surface area (Å²) >= 11 is 6.46. The van der Waals surface area contributed by atoms with E-state index in [1.54, 1.807) is 11.2 Å². The second-order valence-electron chi connectivity index (χ2n) is 8.14. The van der Waals surface area contributed by atoms with Gasteiger partial charge in [-0.1, -0.05) is 23.7 Å². The Bertz CT molecular complexity index is 1370. The van der Waals surface area contributed by atoms with Crippen LogP contribution in [-0.2, 0) is 4.79 Å². The van der Waals surface area contributed by atoms with Crippen LogP contribution in [0.2, 0.25) is 5.02 Å². The van der Waals surface area contributed by atoms with Crippen LogP contribution in [-0.4, -0.2) is 73.6 Å². The normalized spacial score (nSPS) is 15.1. The van der Waals surface area contributed by atoms with Crippen LogP contribution in [0.5, 0.6) is 0 Å². The van der Waals surface area contributed by atoms with Crippen molar-refractivity contribution in [2.45, 2.75) is 13.0 Å². The Morgan fingerprint density at radius 3 is 2.82 bits per heavy atom. The monoisotopic (exact) mass is 481 g/mol. The minimum Gasteiger partial charge on any atom is -0.387 e. The third-order valence-corrected chi connectivity index (χ3v) is 6.30. The first-order valence-electron chi connectivity index (χ1n) is 10.9. The van der Waals surface area contributed by atoms with Crippen LogP contribution in [0, 0.1) is 0 Å². The molecule has 3 aromatic heterocycles. The molecule has 0 unspecified atom stereocenters. The number of aromatic amines is 1. The minimum atomic E-state index is -0.486. The lowest BCUT2D eigenvalue weighted by molar-refractivity contribution is -0.134. The number of pyridine rings is 1.